The van der Waals surface area contributed by atoms with Crippen molar-refractivity contribution in [2.24, 2.45) is 0 Å². The minimum Gasteiger partial charge on any atom is -0.768 e. The van der Waals surface area contributed by atoms with Crippen LogP contribution in [0.2, 0.25) is 0 Å². The maximum Gasteiger partial charge on any atom is 0.249 e. The molecule has 1 aliphatic rings. The van der Waals surface area contributed by atoms with Gasteiger partial charge in [-0.1, -0.05) is 36.4 Å². The number of H-pyrrole nitrogens is 1. The second-order valence-electron chi connectivity index (χ2n) is 6.69. The van der Waals surface area contributed by atoms with Crippen LogP contribution in [0.15, 0.2) is 76.4 Å². The summed E-state index contributed by atoms with van der Waals surface area (Å²) in [4.78, 5) is 28.4. The van der Waals surface area contributed by atoms with E-state index in [1.807, 2.05) is 12.1 Å². The number of ketones is 1. The molecule has 0 saturated heterocycles. The molecule has 1 aromatic heterocycles. The summed E-state index contributed by atoms with van der Waals surface area (Å²) in [6, 6.07) is 18.5. The molecule has 1 heterocycles. The average Bonchev–Trinajstić information content (AvgIpc) is 2.72. The van der Waals surface area contributed by atoms with Crippen LogP contribution in [0.25, 0.3) is 22.0 Å². The van der Waals surface area contributed by atoms with Crippen LogP contribution < -0.4 is 10.9 Å². The highest BCUT2D eigenvalue weighted by Gasteiger charge is 2.28. The van der Waals surface area contributed by atoms with Gasteiger partial charge in [0.25, 0.3) is 0 Å². The van der Waals surface area contributed by atoms with E-state index in [1.165, 1.54) is 12.1 Å². The lowest BCUT2D eigenvalue weighted by Gasteiger charge is -2.23. The van der Waals surface area contributed by atoms with Crippen molar-refractivity contribution in [3.8, 4) is 11.1 Å². The first kappa shape index (κ1) is 17.5. The van der Waals surface area contributed by atoms with Gasteiger partial charge in [0.05, 0.1) is 16.9 Å². The molecular weight excluding hydrogens is 388 g/mol. The number of hydrogen-bond acceptors (Lipinski definition) is 5. The van der Waals surface area contributed by atoms with Gasteiger partial charge in [-0.25, -0.2) is 0 Å². The summed E-state index contributed by atoms with van der Waals surface area (Å²) in [7, 11) is 0. The van der Waals surface area contributed by atoms with Crippen LogP contribution in [0.1, 0.15) is 15.9 Å². The molecule has 1 atom stereocenters. The van der Waals surface area contributed by atoms with Gasteiger partial charge in [-0.2, -0.15) is 0 Å². The van der Waals surface area contributed by atoms with Crippen molar-refractivity contribution in [1.29, 1.82) is 0 Å². The Morgan fingerprint density at radius 3 is 2.34 bits per heavy atom. The number of aromatic amines is 1. The standard InChI is InChI=1S/C22H14N2O4S/c25-19-11-14-12-5-1-2-6-13(12)22(26)21-17(10-9-16(24-19)20(14)21)23-15-7-3-4-8-18(15)29(27)28/h1-11,23H,(H,24,25)(H,27,28)/p-1. The van der Waals surface area contributed by atoms with Crippen molar-refractivity contribution < 1.29 is 13.6 Å². The number of anilines is 2. The van der Waals surface area contributed by atoms with Crippen molar-refractivity contribution in [1.82, 2.24) is 4.98 Å². The van der Waals surface area contributed by atoms with E-state index in [2.05, 4.69) is 10.3 Å². The Morgan fingerprint density at radius 2 is 1.55 bits per heavy atom. The summed E-state index contributed by atoms with van der Waals surface area (Å²) >= 11 is -2.43. The Kier molecular flexibility index (Phi) is 3.94. The fraction of sp³-hybridized carbons (Fsp3) is 0. The van der Waals surface area contributed by atoms with Crippen molar-refractivity contribution in [2.45, 2.75) is 4.90 Å². The first-order valence-corrected chi connectivity index (χ1v) is 9.91. The van der Waals surface area contributed by atoms with Gasteiger partial charge in [0, 0.05) is 27.4 Å². The summed E-state index contributed by atoms with van der Waals surface area (Å²) in [5.41, 5.74) is 3.43. The maximum atomic E-state index is 13.4. The molecule has 2 N–H and O–H groups in total. The average molecular weight is 401 g/mol. The molecule has 7 heteroatoms. The van der Waals surface area contributed by atoms with Crippen molar-refractivity contribution in [3.05, 3.63) is 88.2 Å². The van der Waals surface area contributed by atoms with E-state index >= 15 is 0 Å². The molecule has 4 aromatic rings. The second-order valence-corrected chi connectivity index (χ2v) is 7.60. The summed E-state index contributed by atoms with van der Waals surface area (Å²) in [5.74, 6) is -0.186. The number of rotatable bonds is 3. The zero-order chi connectivity index (χ0) is 20.1. The molecule has 0 saturated carbocycles. The van der Waals surface area contributed by atoms with Crippen molar-refractivity contribution in [2.75, 3.05) is 5.32 Å². The van der Waals surface area contributed by atoms with Crippen LogP contribution in [0, 0.1) is 0 Å². The normalized spacial score (nSPS) is 13.2. The van der Waals surface area contributed by atoms with Gasteiger partial charge in [-0.3, -0.25) is 13.8 Å². The number of hydrogen-bond donors (Lipinski definition) is 2. The van der Waals surface area contributed by atoms with Crippen LogP contribution >= 0.6 is 0 Å². The predicted octanol–water partition coefficient (Wildman–Crippen LogP) is 3.72. The van der Waals surface area contributed by atoms with Gasteiger partial charge in [-0.05, 0) is 46.5 Å². The summed E-state index contributed by atoms with van der Waals surface area (Å²) in [5, 5.41) is 3.73. The first-order chi connectivity index (χ1) is 14.0. The molecular formula is C22H13N2O4S-. The van der Waals surface area contributed by atoms with Gasteiger partial charge in [0.15, 0.2) is 5.78 Å². The fourth-order valence-corrected chi connectivity index (χ4v) is 4.31. The topological polar surface area (TPSA) is 102 Å². The zero-order valence-corrected chi connectivity index (χ0v) is 15.7. The van der Waals surface area contributed by atoms with Crippen LogP contribution in [0.5, 0.6) is 0 Å². The Balaban J connectivity index is 1.81. The lowest BCUT2D eigenvalue weighted by molar-refractivity contribution is 0.104. The van der Waals surface area contributed by atoms with Crippen LogP contribution in [-0.4, -0.2) is 19.5 Å². The smallest absolute Gasteiger partial charge is 0.249 e. The molecule has 0 amide bonds. The highest BCUT2D eigenvalue weighted by atomic mass is 32.2. The lowest BCUT2D eigenvalue weighted by atomic mass is 9.83. The Bertz CT molecular complexity index is 1410. The van der Waals surface area contributed by atoms with Gasteiger partial charge >= 0.3 is 0 Å². The number of benzene rings is 3. The van der Waals surface area contributed by atoms with E-state index in [4.69, 9.17) is 0 Å². The third kappa shape index (κ3) is 2.71. The molecule has 3 aromatic carbocycles. The van der Waals surface area contributed by atoms with Crippen LogP contribution in [0.3, 0.4) is 0 Å². The number of fused-ring (bicyclic) bond motifs is 2. The van der Waals surface area contributed by atoms with E-state index in [0.717, 1.165) is 0 Å². The van der Waals surface area contributed by atoms with Gasteiger partial charge in [0.1, 0.15) is 0 Å². The SMILES string of the molecule is O=C1c2ccccc2-c2cc(=O)[nH]c3ccc(Nc4ccccc4S(=O)[O-])c1c23. The predicted molar refractivity (Wildman–Crippen MR) is 110 cm³/mol. The maximum absolute atomic E-state index is 13.4. The zero-order valence-electron chi connectivity index (χ0n) is 14.9. The summed E-state index contributed by atoms with van der Waals surface area (Å²) in [6.07, 6.45) is 0. The molecule has 0 radical (unpaired) electrons. The highest BCUT2D eigenvalue weighted by molar-refractivity contribution is 7.79. The quantitative estimate of drug-likeness (QED) is 0.449. The highest BCUT2D eigenvalue weighted by Crippen LogP contribution is 2.41. The number of aromatic nitrogens is 1. The fourth-order valence-electron chi connectivity index (χ4n) is 3.82. The van der Waals surface area contributed by atoms with E-state index in [0.29, 0.717) is 44.5 Å². The molecule has 0 bridgehead atoms. The largest absolute Gasteiger partial charge is 0.768 e. The van der Waals surface area contributed by atoms with E-state index < -0.39 is 11.1 Å². The number of nitrogens with one attached hydrogen (secondary N) is 2. The van der Waals surface area contributed by atoms with Gasteiger partial charge in [0.2, 0.25) is 5.56 Å². The third-order valence-corrected chi connectivity index (χ3v) is 5.75. The van der Waals surface area contributed by atoms with Gasteiger partial charge in [-0.15, -0.1) is 0 Å². The molecule has 5 rings (SSSR count). The van der Waals surface area contributed by atoms with Crippen molar-refractivity contribution in [3.63, 3.8) is 0 Å². The first-order valence-electron chi connectivity index (χ1n) is 8.84. The third-order valence-electron chi connectivity index (χ3n) is 5.03. The summed E-state index contributed by atoms with van der Waals surface area (Å²) in [6.45, 7) is 0. The molecule has 29 heavy (non-hydrogen) atoms. The minimum atomic E-state index is -2.43. The van der Waals surface area contributed by atoms with Crippen molar-refractivity contribution >= 4 is 39.1 Å². The molecule has 0 aliphatic heterocycles. The van der Waals surface area contributed by atoms with E-state index in [1.54, 1.807) is 42.5 Å². The molecule has 0 fully saturated rings. The number of carbonyl (C=O) groups is 1. The monoisotopic (exact) mass is 401 g/mol. The molecule has 142 valence electrons. The minimum absolute atomic E-state index is 0.102. The Labute approximate surface area is 167 Å². The Hall–Kier alpha value is -3.55. The van der Waals surface area contributed by atoms with Crippen LogP contribution in [-0.2, 0) is 11.1 Å². The molecule has 1 unspecified atom stereocenters. The lowest BCUT2D eigenvalue weighted by Crippen LogP contribution is -2.16. The van der Waals surface area contributed by atoms with Crippen LogP contribution in [0.4, 0.5) is 11.4 Å². The molecule has 1 aliphatic carbocycles. The number of pyridine rings is 1. The van der Waals surface area contributed by atoms with Gasteiger partial charge < -0.3 is 14.9 Å². The summed E-state index contributed by atoms with van der Waals surface area (Å²) < 4.78 is 23.1. The molecule has 0 spiro atoms. The van der Waals surface area contributed by atoms with E-state index in [-0.39, 0.29) is 16.2 Å². The number of para-hydroxylation sites is 1. The second kappa shape index (κ2) is 6.51. The number of carbonyl (C=O) groups excluding carboxylic acids is 1. The van der Waals surface area contributed by atoms with E-state index in [9.17, 15) is 18.4 Å². The Morgan fingerprint density at radius 1 is 0.828 bits per heavy atom. The molecule has 6 nitrogen and oxygen atoms in total.